The van der Waals surface area contributed by atoms with Gasteiger partial charge in [-0.25, -0.2) is 4.98 Å². The second-order valence-electron chi connectivity index (χ2n) is 4.50. The Morgan fingerprint density at radius 1 is 1.21 bits per heavy atom. The molecule has 0 spiro atoms. The van der Waals surface area contributed by atoms with Crippen LogP contribution in [0, 0.1) is 6.92 Å². The van der Waals surface area contributed by atoms with Crippen LogP contribution in [-0.4, -0.2) is 14.5 Å². The van der Waals surface area contributed by atoms with Crippen LogP contribution in [0.15, 0.2) is 42.6 Å². The van der Waals surface area contributed by atoms with Crippen molar-refractivity contribution in [3.05, 3.63) is 58.9 Å². The Labute approximate surface area is 116 Å². The van der Waals surface area contributed by atoms with Crippen molar-refractivity contribution in [2.45, 2.75) is 13.5 Å². The molecule has 1 aromatic carbocycles. The summed E-state index contributed by atoms with van der Waals surface area (Å²) in [6.07, 6.45) is 1.93. The van der Waals surface area contributed by atoms with Crippen LogP contribution in [0.2, 0.25) is 5.02 Å². The molecule has 0 bridgehead atoms. The second kappa shape index (κ2) is 4.68. The van der Waals surface area contributed by atoms with Gasteiger partial charge in [-0.15, -0.1) is 0 Å². The van der Waals surface area contributed by atoms with E-state index >= 15 is 0 Å². The number of hydrogen-bond donors (Lipinski definition) is 1. The number of hydrogen-bond acceptors (Lipinski definition) is 2. The average Bonchev–Trinajstić information content (AvgIpc) is 2.77. The Hall–Kier alpha value is -1.84. The molecule has 0 fully saturated rings. The summed E-state index contributed by atoms with van der Waals surface area (Å²) in [7, 11) is 0. The predicted molar refractivity (Wildman–Crippen MR) is 76.3 cm³/mol. The van der Waals surface area contributed by atoms with Crippen LogP contribution in [0.4, 0.5) is 0 Å². The first-order valence-electron chi connectivity index (χ1n) is 6.03. The summed E-state index contributed by atoms with van der Waals surface area (Å²) < 4.78 is 1.91. The lowest BCUT2D eigenvalue weighted by Gasteiger charge is -2.02. The van der Waals surface area contributed by atoms with Crippen molar-refractivity contribution in [2.75, 3.05) is 0 Å². The normalized spacial score (nSPS) is 11.1. The van der Waals surface area contributed by atoms with Crippen molar-refractivity contribution in [1.29, 1.82) is 0 Å². The predicted octanol–water partition coefficient (Wildman–Crippen LogP) is 3.46. The maximum Gasteiger partial charge on any atom is 0.138 e. The Morgan fingerprint density at radius 2 is 1.95 bits per heavy atom. The summed E-state index contributed by atoms with van der Waals surface area (Å²) >= 11 is 5.90. The van der Waals surface area contributed by atoms with Gasteiger partial charge < -0.3 is 9.51 Å². The lowest BCUT2D eigenvalue weighted by atomic mass is 10.1. The molecular weight excluding hydrogens is 260 g/mol. The van der Waals surface area contributed by atoms with E-state index in [0.717, 1.165) is 28.2 Å². The standard InChI is InChI=1S/C15H13ClN2O/c1-10-6-7-18-13(9-19)15(17-14(18)8-10)11-2-4-12(16)5-3-11/h2-8,19H,9H2,1H3. The van der Waals surface area contributed by atoms with Crippen molar-refractivity contribution < 1.29 is 5.11 Å². The quantitative estimate of drug-likeness (QED) is 0.776. The summed E-state index contributed by atoms with van der Waals surface area (Å²) in [6, 6.07) is 11.5. The number of imidazole rings is 1. The molecule has 0 saturated heterocycles. The van der Waals surface area contributed by atoms with Crippen molar-refractivity contribution in [1.82, 2.24) is 9.38 Å². The van der Waals surface area contributed by atoms with E-state index in [1.165, 1.54) is 0 Å². The highest BCUT2D eigenvalue weighted by Crippen LogP contribution is 2.26. The number of benzene rings is 1. The van der Waals surface area contributed by atoms with Gasteiger partial charge in [-0.1, -0.05) is 23.7 Å². The minimum Gasteiger partial charge on any atom is -0.390 e. The van der Waals surface area contributed by atoms with Crippen LogP contribution in [0.3, 0.4) is 0 Å². The molecule has 3 rings (SSSR count). The molecule has 0 radical (unpaired) electrons. The van der Waals surface area contributed by atoms with Crippen LogP contribution >= 0.6 is 11.6 Å². The van der Waals surface area contributed by atoms with E-state index in [2.05, 4.69) is 4.98 Å². The summed E-state index contributed by atoms with van der Waals surface area (Å²) in [4.78, 5) is 4.60. The SMILES string of the molecule is Cc1ccn2c(CO)c(-c3ccc(Cl)cc3)nc2c1. The molecule has 4 heteroatoms. The number of aliphatic hydroxyl groups excluding tert-OH is 1. The Balaban J connectivity index is 2.25. The minimum absolute atomic E-state index is 0.0534. The summed E-state index contributed by atoms with van der Waals surface area (Å²) in [5, 5.41) is 10.3. The van der Waals surface area contributed by atoms with E-state index in [1.54, 1.807) is 0 Å². The molecule has 0 aliphatic carbocycles. The Morgan fingerprint density at radius 3 is 2.63 bits per heavy atom. The fraction of sp³-hybridized carbons (Fsp3) is 0.133. The van der Waals surface area contributed by atoms with Gasteiger partial charge in [0.15, 0.2) is 0 Å². The number of aliphatic hydroxyl groups is 1. The van der Waals surface area contributed by atoms with E-state index < -0.39 is 0 Å². The van der Waals surface area contributed by atoms with Crippen LogP contribution in [0.25, 0.3) is 16.9 Å². The number of aryl methyl sites for hydroxylation is 1. The zero-order valence-electron chi connectivity index (χ0n) is 10.5. The number of pyridine rings is 1. The molecule has 0 unspecified atom stereocenters. The third-order valence-electron chi connectivity index (χ3n) is 3.15. The van der Waals surface area contributed by atoms with Crippen molar-refractivity contribution >= 4 is 17.2 Å². The minimum atomic E-state index is -0.0534. The van der Waals surface area contributed by atoms with Gasteiger partial charge in [-0.3, -0.25) is 0 Å². The van der Waals surface area contributed by atoms with Gasteiger partial charge in [0.1, 0.15) is 5.65 Å². The number of rotatable bonds is 2. The van der Waals surface area contributed by atoms with Crippen LogP contribution in [0.5, 0.6) is 0 Å². The summed E-state index contributed by atoms with van der Waals surface area (Å²) in [5.41, 5.74) is 4.52. The van der Waals surface area contributed by atoms with Crippen LogP contribution < -0.4 is 0 Å². The smallest absolute Gasteiger partial charge is 0.138 e. The fourth-order valence-electron chi connectivity index (χ4n) is 2.19. The highest BCUT2D eigenvalue weighted by Gasteiger charge is 2.13. The molecule has 2 aromatic heterocycles. The van der Waals surface area contributed by atoms with Gasteiger partial charge in [-0.2, -0.15) is 0 Å². The molecular formula is C15H13ClN2O. The van der Waals surface area contributed by atoms with Gasteiger partial charge in [0.05, 0.1) is 18.0 Å². The van der Waals surface area contributed by atoms with E-state index in [4.69, 9.17) is 11.6 Å². The van der Waals surface area contributed by atoms with Crippen LogP contribution in [0.1, 0.15) is 11.3 Å². The third-order valence-corrected chi connectivity index (χ3v) is 3.40. The molecule has 0 aliphatic rings. The molecule has 2 heterocycles. The third kappa shape index (κ3) is 2.11. The zero-order valence-corrected chi connectivity index (χ0v) is 11.2. The second-order valence-corrected chi connectivity index (χ2v) is 4.94. The highest BCUT2D eigenvalue weighted by atomic mass is 35.5. The molecule has 96 valence electrons. The maximum absolute atomic E-state index is 9.60. The molecule has 0 saturated carbocycles. The van der Waals surface area contributed by atoms with Gasteiger partial charge in [-0.05, 0) is 36.8 Å². The van der Waals surface area contributed by atoms with Crippen LogP contribution in [-0.2, 0) is 6.61 Å². The number of aromatic nitrogens is 2. The van der Waals surface area contributed by atoms with Gasteiger partial charge in [0, 0.05) is 16.8 Å². The van der Waals surface area contributed by atoms with Crippen molar-refractivity contribution in [3.8, 4) is 11.3 Å². The summed E-state index contributed by atoms with van der Waals surface area (Å²) in [5.74, 6) is 0. The molecule has 0 amide bonds. The topological polar surface area (TPSA) is 37.5 Å². The maximum atomic E-state index is 9.60. The van der Waals surface area contributed by atoms with E-state index in [9.17, 15) is 5.11 Å². The Kier molecular flexibility index (Phi) is 3.01. The number of halogens is 1. The Bertz CT molecular complexity index is 732. The van der Waals surface area contributed by atoms with Gasteiger partial charge >= 0.3 is 0 Å². The first-order chi connectivity index (χ1) is 9.19. The number of nitrogens with zero attached hydrogens (tertiary/aromatic N) is 2. The highest BCUT2D eigenvalue weighted by molar-refractivity contribution is 6.30. The first-order valence-corrected chi connectivity index (χ1v) is 6.41. The lowest BCUT2D eigenvalue weighted by Crippen LogP contribution is -1.94. The summed E-state index contributed by atoms with van der Waals surface area (Å²) in [6.45, 7) is 1.97. The lowest BCUT2D eigenvalue weighted by molar-refractivity contribution is 0.276. The fourth-order valence-corrected chi connectivity index (χ4v) is 2.31. The molecule has 3 aromatic rings. The zero-order chi connectivity index (χ0) is 13.4. The molecule has 19 heavy (non-hydrogen) atoms. The average molecular weight is 273 g/mol. The monoisotopic (exact) mass is 272 g/mol. The molecule has 0 aliphatic heterocycles. The van der Waals surface area contributed by atoms with E-state index in [-0.39, 0.29) is 6.61 Å². The largest absolute Gasteiger partial charge is 0.390 e. The molecule has 0 atom stereocenters. The van der Waals surface area contributed by atoms with Crippen molar-refractivity contribution in [2.24, 2.45) is 0 Å². The van der Waals surface area contributed by atoms with E-state index in [1.807, 2.05) is 53.9 Å². The van der Waals surface area contributed by atoms with Crippen molar-refractivity contribution in [3.63, 3.8) is 0 Å². The molecule has 3 nitrogen and oxygen atoms in total. The van der Waals surface area contributed by atoms with E-state index in [0.29, 0.717) is 5.02 Å². The first kappa shape index (κ1) is 12.2. The molecule has 1 N–H and O–H groups in total. The van der Waals surface area contributed by atoms with Gasteiger partial charge in [0.25, 0.3) is 0 Å². The van der Waals surface area contributed by atoms with Gasteiger partial charge in [0.2, 0.25) is 0 Å². The number of fused-ring (bicyclic) bond motifs is 1.